The van der Waals surface area contributed by atoms with E-state index in [2.05, 4.69) is 10.2 Å². The quantitative estimate of drug-likeness (QED) is 0.775. The third-order valence-corrected chi connectivity index (χ3v) is 1.98. The molecule has 0 atom stereocenters. The molecule has 0 unspecified atom stereocenters. The van der Waals surface area contributed by atoms with E-state index in [1.165, 1.54) is 18.2 Å². The minimum absolute atomic E-state index is 0.231. The highest BCUT2D eigenvalue weighted by molar-refractivity contribution is 5.91. The molecule has 4 nitrogen and oxygen atoms in total. The minimum atomic E-state index is -0.573. The Morgan fingerprint density at radius 2 is 2.00 bits per heavy atom. The van der Waals surface area contributed by atoms with E-state index in [0.29, 0.717) is 5.69 Å². The summed E-state index contributed by atoms with van der Waals surface area (Å²) in [6.07, 6.45) is 0. The summed E-state index contributed by atoms with van der Waals surface area (Å²) in [5, 5.41) is 6.39. The molecule has 0 spiro atoms. The minimum Gasteiger partial charge on any atom is -0.364 e. The molecule has 15 heavy (non-hydrogen) atoms. The van der Waals surface area contributed by atoms with Gasteiger partial charge < -0.3 is 5.73 Å². The normalized spacial score (nSPS) is 10.2. The number of carbonyl (C=O) groups is 1. The molecule has 2 aromatic rings. The van der Waals surface area contributed by atoms with Crippen LogP contribution in [0.5, 0.6) is 0 Å². The molecular formula is C10H8FN3O. The molecule has 5 heteroatoms. The molecule has 2 rings (SSSR count). The lowest BCUT2D eigenvalue weighted by molar-refractivity contribution is 0.0995. The van der Waals surface area contributed by atoms with E-state index in [9.17, 15) is 9.18 Å². The summed E-state index contributed by atoms with van der Waals surface area (Å²) in [5.74, 6) is -0.889. The molecule has 0 aliphatic carbocycles. The van der Waals surface area contributed by atoms with Crippen molar-refractivity contribution in [2.45, 2.75) is 0 Å². The van der Waals surface area contributed by atoms with Crippen LogP contribution in [0.2, 0.25) is 0 Å². The molecule has 1 aromatic heterocycles. The van der Waals surface area contributed by atoms with Crippen LogP contribution < -0.4 is 5.73 Å². The van der Waals surface area contributed by atoms with Crippen molar-refractivity contribution in [2.24, 2.45) is 5.73 Å². The van der Waals surface area contributed by atoms with Crippen LogP contribution in [-0.4, -0.2) is 16.1 Å². The Morgan fingerprint density at radius 3 is 2.53 bits per heavy atom. The van der Waals surface area contributed by atoms with Gasteiger partial charge in [0.05, 0.1) is 5.69 Å². The zero-order valence-electron chi connectivity index (χ0n) is 7.70. The number of nitrogens with two attached hydrogens (primary N) is 1. The van der Waals surface area contributed by atoms with Crippen molar-refractivity contribution >= 4 is 5.91 Å². The fourth-order valence-electron chi connectivity index (χ4n) is 1.22. The number of nitrogens with one attached hydrogen (secondary N) is 1. The van der Waals surface area contributed by atoms with Crippen LogP contribution in [0.1, 0.15) is 10.5 Å². The molecule has 3 N–H and O–H groups in total. The first-order valence-electron chi connectivity index (χ1n) is 4.28. The van der Waals surface area contributed by atoms with Gasteiger partial charge in [-0.3, -0.25) is 9.89 Å². The Hall–Kier alpha value is -2.17. The van der Waals surface area contributed by atoms with Gasteiger partial charge in [-0.15, -0.1) is 0 Å². The summed E-state index contributed by atoms with van der Waals surface area (Å²) in [6, 6.07) is 7.34. The average Bonchev–Trinajstić information content (AvgIpc) is 2.68. The Labute approximate surface area is 84.9 Å². The van der Waals surface area contributed by atoms with Gasteiger partial charge in [0.2, 0.25) is 0 Å². The fourth-order valence-corrected chi connectivity index (χ4v) is 1.22. The number of aromatic amines is 1. The molecule has 0 bridgehead atoms. The Morgan fingerprint density at radius 1 is 1.33 bits per heavy atom. The highest BCUT2D eigenvalue weighted by Crippen LogP contribution is 2.17. The first-order chi connectivity index (χ1) is 7.16. The van der Waals surface area contributed by atoms with Crippen LogP contribution in [-0.2, 0) is 0 Å². The molecule has 0 saturated carbocycles. The second-order valence-electron chi connectivity index (χ2n) is 3.04. The van der Waals surface area contributed by atoms with Crippen molar-refractivity contribution in [1.29, 1.82) is 0 Å². The van der Waals surface area contributed by atoms with E-state index in [4.69, 9.17) is 5.73 Å². The Kier molecular flexibility index (Phi) is 2.21. The first-order valence-corrected chi connectivity index (χ1v) is 4.28. The van der Waals surface area contributed by atoms with Gasteiger partial charge in [0, 0.05) is 5.56 Å². The molecule has 0 aliphatic rings. The molecule has 1 aromatic carbocycles. The number of H-pyrrole nitrogens is 1. The maximum absolute atomic E-state index is 12.6. The molecule has 0 radical (unpaired) electrons. The maximum atomic E-state index is 12.6. The second-order valence-corrected chi connectivity index (χ2v) is 3.04. The van der Waals surface area contributed by atoms with Crippen LogP contribution in [0.4, 0.5) is 4.39 Å². The lowest BCUT2D eigenvalue weighted by Crippen LogP contribution is -2.10. The highest BCUT2D eigenvalue weighted by Gasteiger charge is 2.07. The number of rotatable bonds is 2. The van der Waals surface area contributed by atoms with Crippen LogP contribution in [0.15, 0.2) is 30.3 Å². The summed E-state index contributed by atoms with van der Waals surface area (Å²) in [7, 11) is 0. The lowest BCUT2D eigenvalue weighted by atomic mass is 10.1. The van der Waals surface area contributed by atoms with E-state index in [-0.39, 0.29) is 11.5 Å². The van der Waals surface area contributed by atoms with Gasteiger partial charge in [0.25, 0.3) is 5.91 Å². The third-order valence-electron chi connectivity index (χ3n) is 1.98. The predicted molar refractivity (Wildman–Crippen MR) is 52.5 cm³/mol. The van der Waals surface area contributed by atoms with Crippen molar-refractivity contribution in [3.05, 3.63) is 41.8 Å². The van der Waals surface area contributed by atoms with Crippen molar-refractivity contribution < 1.29 is 9.18 Å². The molecule has 0 fully saturated rings. The maximum Gasteiger partial charge on any atom is 0.266 e. The molecule has 1 amide bonds. The Balaban J connectivity index is 2.37. The van der Waals surface area contributed by atoms with Gasteiger partial charge in [-0.25, -0.2) is 4.39 Å². The Bertz CT molecular complexity index is 490. The van der Waals surface area contributed by atoms with Gasteiger partial charge in [0.1, 0.15) is 11.5 Å². The predicted octanol–water partition coefficient (Wildman–Crippen LogP) is 1.31. The zero-order chi connectivity index (χ0) is 10.8. The lowest BCUT2D eigenvalue weighted by Gasteiger charge is -1.94. The van der Waals surface area contributed by atoms with E-state index in [1.807, 2.05) is 0 Å². The topological polar surface area (TPSA) is 71.8 Å². The van der Waals surface area contributed by atoms with Crippen molar-refractivity contribution in [1.82, 2.24) is 10.2 Å². The van der Waals surface area contributed by atoms with Crippen LogP contribution >= 0.6 is 0 Å². The summed E-state index contributed by atoms with van der Waals surface area (Å²) < 4.78 is 12.6. The number of nitrogens with zero attached hydrogens (tertiary/aromatic N) is 1. The zero-order valence-corrected chi connectivity index (χ0v) is 7.70. The van der Waals surface area contributed by atoms with Gasteiger partial charge >= 0.3 is 0 Å². The smallest absolute Gasteiger partial charge is 0.266 e. The van der Waals surface area contributed by atoms with Gasteiger partial charge in [-0.05, 0) is 30.3 Å². The van der Waals surface area contributed by atoms with Gasteiger partial charge in [-0.2, -0.15) is 5.10 Å². The largest absolute Gasteiger partial charge is 0.364 e. The summed E-state index contributed by atoms with van der Waals surface area (Å²) in [6.45, 7) is 0. The van der Waals surface area contributed by atoms with Crippen molar-refractivity contribution in [3.8, 4) is 11.3 Å². The number of halogens is 1. The first kappa shape index (κ1) is 9.39. The number of primary amides is 1. The number of aromatic nitrogens is 2. The number of hydrogen-bond acceptors (Lipinski definition) is 2. The van der Waals surface area contributed by atoms with Crippen molar-refractivity contribution in [3.63, 3.8) is 0 Å². The SMILES string of the molecule is NC(=O)c1cc(-c2ccc(F)cc2)n[nH]1. The summed E-state index contributed by atoms with van der Waals surface area (Å²) in [5.41, 5.74) is 6.57. The highest BCUT2D eigenvalue weighted by atomic mass is 19.1. The van der Waals surface area contributed by atoms with E-state index in [0.717, 1.165) is 5.56 Å². The van der Waals surface area contributed by atoms with E-state index in [1.54, 1.807) is 12.1 Å². The molecular weight excluding hydrogens is 197 g/mol. The number of hydrogen-bond donors (Lipinski definition) is 2. The molecule has 0 aliphatic heterocycles. The number of amides is 1. The number of benzene rings is 1. The van der Waals surface area contributed by atoms with Gasteiger partial charge in [-0.1, -0.05) is 0 Å². The monoisotopic (exact) mass is 205 g/mol. The van der Waals surface area contributed by atoms with Gasteiger partial charge in [0.15, 0.2) is 0 Å². The summed E-state index contributed by atoms with van der Waals surface area (Å²) in [4.78, 5) is 10.8. The van der Waals surface area contributed by atoms with Crippen LogP contribution in [0.25, 0.3) is 11.3 Å². The van der Waals surface area contributed by atoms with Crippen molar-refractivity contribution in [2.75, 3.05) is 0 Å². The molecule has 0 saturated heterocycles. The van der Waals surface area contributed by atoms with E-state index < -0.39 is 5.91 Å². The molecule has 76 valence electrons. The summed E-state index contributed by atoms with van der Waals surface area (Å²) >= 11 is 0. The molecule has 1 heterocycles. The van der Waals surface area contributed by atoms with Crippen LogP contribution in [0.3, 0.4) is 0 Å². The second kappa shape index (κ2) is 3.53. The third kappa shape index (κ3) is 1.85. The standard InChI is InChI=1S/C10H8FN3O/c11-7-3-1-6(2-4-7)8-5-9(10(12)15)14-13-8/h1-5H,(H2,12,15)(H,13,14). The van der Waals surface area contributed by atoms with E-state index >= 15 is 0 Å². The average molecular weight is 205 g/mol. The fraction of sp³-hybridized carbons (Fsp3) is 0. The number of carbonyl (C=O) groups excluding carboxylic acids is 1. The van der Waals surface area contributed by atoms with Crippen LogP contribution in [0, 0.1) is 5.82 Å².